The van der Waals surface area contributed by atoms with Crippen LogP contribution in [0.2, 0.25) is 0 Å². The number of rotatable bonds is 4. The predicted octanol–water partition coefficient (Wildman–Crippen LogP) is 1.16. The van der Waals surface area contributed by atoms with Crippen molar-refractivity contribution in [3.05, 3.63) is 30.0 Å². The van der Waals surface area contributed by atoms with E-state index >= 15 is 0 Å². The number of carbonyl (C=O) groups excluding carboxylic acids is 1. The Hall–Kier alpha value is -2.37. The van der Waals surface area contributed by atoms with Crippen LogP contribution in [-0.4, -0.2) is 33.2 Å². The van der Waals surface area contributed by atoms with E-state index in [9.17, 15) is 9.59 Å². The summed E-state index contributed by atoms with van der Waals surface area (Å²) in [5.74, 6) is -1.44. The van der Waals surface area contributed by atoms with Crippen LogP contribution in [-0.2, 0) is 4.79 Å². The lowest BCUT2D eigenvalue weighted by atomic mass is 10.1. The van der Waals surface area contributed by atoms with Crippen LogP contribution >= 0.6 is 0 Å². The molecule has 0 aliphatic carbocycles. The molecule has 1 aromatic carbocycles. The Bertz CT molecular complexity index is 591. The van der Waals surface area contributed by atoms with E-state index in [1.54, 1.807) is 31.3 Å². The van der Waals surface area contributed by atoms with Crippen LogP contribution < -0.4 is 5.32 Å². The summed E-state index contributed by atoms with van der Waals surface area (Å²) in [6, 6.07) is 4.18. The van der Waals surface area contributed by atoms with Gasteiger partial charge in [0.25, 0.3) is 5.91 Å². The van der Waals surface area contributed by atoms with Crippen molar-refractivity contribution in [2.45, 2.75) is 19.4 Å². The number of carboxylic acids is 1. The summed E-state index contributed by atoms with van der Waals surface area (Å²) in [4.78, 5) is 22.7. The molecule has 0 spiro atoms. The van der Waals surface area contributed by atoms with E-state index in [0.29, 0.717) is 12.0 Å². The highest BCUT2D eigenvalue weighted by Crippen LogP contribution is 2.12. The largest absolute Gasteiger partial charge is 0.480 e. The van der Waals surface area contributed by atoms with Gasteiger partial charge in [-0.2, -0.15) is 5.10 Å². The third-order valence-electron chi connectivity index (χ3n) is 2.72. The number of aliphatic carboxylic acids is 1. The lowest BCUT2D eigenvalue weighted by Crippen LogP contribution is -2.40. The van der Waals surface area contributed by atoms with Crippen molar-refractivity contribution in [1.82, 2.24) is 15.5 Å². The number of nitrogens with one attached hydrogen (secondary N) is 2. The Morgan fingerprint density at radius 3 is 2.94 bits per heavy atom. The molecule has 0 radical (unpaired) electrons. The summed E-state index contributed by atoms with van der Waals surface area (Å²) in [6.45, 7) is 1.71. The Morgan fingerprint density at radius 2 is 2.28 bits per heavy atom. The summed E-state index contributed by atoms with van der Waals surface area (Å²) in [6.07, 6.45) is 2.00. The number of carboxylic acid groups (broad SMARTS) is 1. The topological polar surface area (TPSA) is 95.1 Å². The average Bonchev–Trinajstić information content (AvgIpc) is 2.82. The highest BCUT2D eigenvalue weighted by Gasteiger charge is 2.18. The Labute approximate surface area is 103 Å². The van der Waals surface area contributed by atoms with Crippen molar-refractivity contribution in [2.75, 3.05) is 0 Å². The second kappa shape index (κ2) is 4.87. The normalized spacial score (nSPS) is 12.3. The second-order valence-corrected chi connectivity index (χ2v) is 3.94. The number of nitrogens with zero attached hydrogens (tertiary/aromatic N) is 1. The van der Waals surface area contributed by atoms with Gasteiger partial charge in [0.15, 0.2) is 0 Å². The zero-order chi connectivity index (χ0) is 13.1. The quantitative estimate of drug-likeness (QED) is 0.755. The first-order valence-corrected chi connectivity index (χ1v) is 5.58. The molecule has 6 heteroatoms. The number of amides is 1. The number of aromatic nitrogens is 2. The molecule has 1 aromatic heterocycles. The zero-order valence-corrected chi connectivity index (χ0v) is 9.80. The van der Waals surface area contributed by atoms with Gasteiger partial charge >= 0.3 is 5.97 Å². The SMILES string of the molecule is CCC(NC(=O)c1ccc2cn[nH]c2c1)C(=O)O. The van der Waals surface area contributed by atoms with Gasteiger partial charge in [0.1, 0.15) is 6.04 Å². The molecule has 1 heterocycles. The molecule has 0 aliphatic heterocycles. The number of H-pyrrole nitrogens is 1. The summed E-state index contributed by atoms with van der Waals surface area (Å²) < 4.78 is 0. The van der Waals surface area contributed by atoms with Gasteiger partial charge in [0.05, 0.1) is 11.7 Å². The van der Waals surface area contributed by atoms with E-state index in [0.717, 1.165) is 10.9 Å². The standard InChI is InChI=1S/C12H13N3O3/c1-2-9(12(17)18)14-11(16)7-3-4-8-6-13-15-10(8)5-7/h3-6,9H,2H2,1H3,(H,13,15)(H,14,16)(H,17,18). The van der Waals surface area contributed by atoms with Gasteiger partial charge in [-0.05, 0) is 18.6 Å². The van der Waals surface area contributed by atoms with Crippen LogP contribution in [0.3, 0.4) is 0 Å². The first-order valence-electron chi connectivity index (χ1n) is 5.58. The molecule has 1 amide bonds. The van der Waals surface area contributed by atoms with Crippen molar-refractivity contribution in [2.24, 2.45) is 0 Å². The van der Waals surface area contributed by atoms with Crippen molar-refractivity contribution in [3.63, 3.8) is 0 Å². The van der Waals surface area contributed by atoms with Gasteiger partial charge in [-0.3, -0.25) is 9.89 Å². The van der Waals surface area contributed by atoms with Crippen LogP contribution in [0.1, 0.15) is 23.7 Å². The van der Waals surface area contributed by atoms with Crippen molar-refractivity contribution < 1.29 is 14.7 Å². The van der Waals surface area contributed by atoms with E-state index in [1.807, 2.05) is 0 Å². The summed E-state index contributed by atoms with van der Waals surface area (Å²) >= 11 is 0. The highest BCUT2D eigenvalue weighted by atomic mass is 16.4. The smallest absolute Gasteiger partial charge is 0.326 e. The third kappa shape index (κ3) is 2.32. The fourth-order valence-corrected chi connectivity index (χ4v) is 1.66. The molecule has 0 bridgehead atoms. The number of benzene rings is 1. The summed E-state index contributed by atoms with van der Waals surface area (Å²) in [7, 11) is 0. The first-order chi connectivity index (χ1) is 8.61. The highest BCUT2D eigenvalue weighted by molar-refractivity contribution is 5.99. The maximum atomic E-state index is 11.9. The van der Waals surface area contributed by atoms with E-state index in [4.69, 9.17) is 5.11 Å². The number of hydrogen-bond acceptors (Lipinski definition) is 3. The Kier molecular flexibility index (Phi) is 3.27. The minimum absolute atomic E-state index is 0.341. The van der Waals surface area contributed by atoms with Crippen LogP contribution in [0.15, 0.2) is 24.4 Å². The molecule has 1 atom stereocenters. The van der Waals surface area contributed by atoms with Crippen LogP contribution in [0.5, 0.6) is 0 Å². The van der Waals surface area contributed by atoms with Crippen molar-refractivity contribution >= 4 is 22.8 Å². The number of aromatic amines is 1. The van der Waals surface area contributed by atoms with Gasteiger partial charge in [-0.25, -0.2) is 4.79 Å². The predicted molar refractivity (Wildman–Crippen MR) is 65.3 cm³/mol. The molecule has 6 nitrogen and oxygen atoms in total. The van der Waals surface area contributed by atoms with E-state index < -0.39 is 17.9 Å². The molecule has 0 aliphatic rings. The molecule has 0 saturated heterocycles. The Morgan fingerprint density at radius 1 is 1.50 bits per heavy atom. The van der Waals surface area contributed by atoms with Gasteiger partial charge in [-0.1, -0.05) is 13.0 Å². The third-order valence-corrected chi connectivity index (χ3v) is 2.72. The molecule has 0 saturated carbocycles. The Balaban J connectivity index is 2.19. The minimum atomic E-state index is -1.03. The van der Waals surface area contributed by atoms with Gasteiger partial charge in [-0.15, -0.1) is 0 Å². The van der Waals surface area contributed by atoms with Crippen molar-refractivity contribution in [3.8, 4) is 0 Å². The lowest BCUT2D eigenvalue weighted by molar-refractivity contribution is -0.139. The fourth-order valence-electron chi connectivity index (χ4n) is 1.66. The van der Waals surface area contributed by atoms with Crippen LogP contribution in [0.4, 0.5) is 0 Å². The second-order valence-electron chi connectivity index (χ2n) is 3.94. The van der Waals surface area contributed by atoms with E-state index in [-0.39, 0.29) is 0 Å². The number of hydrogen-bond donors (Lipinski definition) is 3. The van der Waals surface area contributed by atoms with Gasteiger partial charge in [0, 0.05) is 10.9 Å². The zero-order valence-electron chi connectivity index (χ0n) is 9.80. The average molecular weight is 247 g/mol. The van der Waals surface area contributed by atoms with Crippen LogP contribution in [0.25, 0.3) is 10.9 Å². The fraction of sp³-hybridized carbons (Fsp3) is 0.250. The van der Waals surface area contributed by atoms with E-state index in [1.165, 1.54) is 0 Å². The molecule has 2 rings (SSSR count). The maximum Gasteiger partial charge on any atom is 0.326 e. The van der Waals surface area contributed by atoms with Gasteiger partial charge < -0.3 is 10.4 Å². The van der Waals surface area contributed by atoms with Crippen molar-refractivity contribution in [1.29, 1.82) is 0 Å². The monoisotopic (exact) mass is 247 g/mol. The first kappa shape index (κ1) is 12.1. The minimum Gasteiger partial charge on any atom is -0.480 e. The number of fused-ring (bicyclic) bond motifs is 1. The maximum absolute atomic E-state index is 11.9. The van der Waals surface area contributed by atoms with E-state index in [2.05, 4.69) is 15.5 Å². The molecule has 18 heavy (non-hydrogen) atoms. The molecule has 0 fully saturated rings. The molecular weight excluding hydrogens is 234 g/mol. The summed E-state index contributed by atoms with van der Waals surface area (Å²) in [5.41, 5.74) is 1.15. The number of carbonyl (C=O) groups is 2. The molecule has 94 valence electrons. The lowest BCUT2D eigenvalue weighted by Gasteiger charge is -2.12. The summed E-state index contributed by atoms with van der Waals surface area (Å²) in [5, 5.41) is 18.9. The molecular formula is C12H13N3O3. The molecule has 3 N–H and O–H groups in total. The molecule has 2 aromatic rings. The van der Waals surface area contributed by atoms with Crippen LogP contribution in [0, 0.1) is 0 Å². The molecule has 1 unspecified atom stereocenters. The van der Waals surface area contributed by atoms with Gasteiger partial charge in [0.2, 0.25) is 0 Å².